The molecule has 2 aromatic rings. The molecule has 3 heteroatoms. The van der Waals surface area contributed by atoms with Gasteiger partial charge in [0.1, 0.15) is 5.75 Å². The van der Waals surface area contributed by atoms with Crippen molar-refractivity contribution in [3.63, 3.8) is 0 Å². The number of rotatable bonds is 3. The first-order valence-corrected chi connectivity index (χ1v) is 7.73. The van der Waals surface area contributed by atoms with E-state index in [1.807, 2.05) is 38.1 Å². The van der Waals surface area contributed by atoms with Crippen LogP contribution < -0.4 is 5.32 Å². The van der Waals surface area contributed by atoms with E-state index < -0.39 is 0 Å². The normalized spacial score (nSPS) is 20.9. The summed E-state index contributed by atoms with van der Waals surface area (Å²) in [7, 11) is 0. The van der Waals surface area contributed by atoms with Gasteiger partial charge in [-0.2, -0.15) is 0 Å². The predicted octanol–water partition coefficient (Wildman–Crippen LogP) is 5.02. The minimum absolute atomic E-state index is 0.364. The van der Waals surface area contributed by atoms with Crippen LogP contribution in [0.5, 0.6) is 5.75 Å². The van der Waals surface area contributed by atoms with Crippen molar-refractivity contribution in [3.05, 3.63) is 58.1 Å². The number of phenols is 1. The van der Waals surface area contributed by atoms with Crippen LogP contribution in [0.2, 0.25) is 5.02 Å². The number of aromatic hydroxyl groups is 1. The lowest BCUT2D eigenvalue weighted by molar-refractivity contribution is 0.374. The number of aryl methyl sites for hydroxylation is 2. The van der Waals surface area contributed by atoms with Crippen molar-refractivity contribution < 1.29 is 5.11 Å². The summed E-state index contributed by atoms with van der Waals surface area (Å²) in [6.07, 6.45) is 2.25. The zero-order valence-corrected chi connectivity index (χ0v) is 13.1. The van der Waals surface area contributed by atoms with E-state index in [2.05, 4.69) is 17.4 Å². The molecule has 0 radical (unpaired) electrons. The average molecular weight is 302 g/mol. The lowest BCUT2D eigenvalue weighted by Gasteiger charge is -2.37. The highest BCUT2D eigenvalue weighted by Gasteiger charge is 2.30. The molecule has 2 aromatic carbocycles. The average Bonchev–Trinajstić information content (AvgIpc) is 2.39. The van der Waals surface area contributed by atoms with E-state index in [0.717, 1.165) is 34.7 Å². The Kier molecular flexibility index (Phi) is 3.81. The Bertz CT molecular complexity index is 662. The molecule has 0 aromatic heterocycles. The number of phenolic OH excluding ortho intramolecular Hbond substituents is 1. The number of anilines is 1. The molecule has 3 rings (SSSR count). The molecule has 1 aliphatic rings. The molecule has 0 bridgehead atoms. The number of benzene rings is 2. The van der Waals surface area contributed by atoms with Crippen molar-refractivity contribution in [1.82, 2.24) is 0 Å². The van der Waals surface area contributed by atoms with Gasteiger partial charge in [0.25, 0.3) is 0 Å². The zero-order valence-electron chi connectivity index (χ0n) is 12.4. The summed E-state index contributed by atoms with van der Waals surface area (Å²) >= 11 is 6.05. The van der Waals surface area contributed by atoms with Gasteiger partial charge in [-0.3, -0.25) is 0 Å². The van der Waals surface area contributed by atoms with Crippen LogP contribution in [0.1, 0.15) is 35.4 Å². The molecule has 1 fully saturated rings. The van der Waals surface area contributed by atoms with E-state index in [4.69, 9.17) is 11.6 Å². The zero-order chi connectivity index (χ0) is 15.0. The van der Waals surface area contributed by atoms with Crippen LogP contribution in [0.4, 0.5) is 5.69 Å². The first-order valence-electron chi connectivity index (χ1n) is 7.35. The third-order valence-electron chi connectivity index (χ3n) is 4.36. The fraction of sp³-hybridized carbons (Fsp3) is 0.333. The summed E-state index contributed by atoms with van der Waals surface area (Å²) in [4.78, 5) is 0. The Morgan fingerprint density at radius 3 is 2.57 bits per heavy atom. The maximum atomic E-state index is 9.71. The van der Waals surface area contributed by atoms with Gasteiger partial charge in [0.2, 0.25) is 0 Å². The maximum Gasteiger partial charge on any atom is 0.118 e. The predicted molar refractivity (Wildman–Crippen MR) is 88.4 cm³/mol. The topological polar surface area (TPSA) is 32.3 Å². The minimum atomic E-state index is 0.364. The third kappa shape index (κ3) is 3.01. The van der Waals surface area contributed by atoms with Crippen LogP contribution in [0.3, 0.4) is 0 Å². The summed E-state index contributed by atoms with van der Waals surface area (Å²) in [5.41, 5.74) is 4.46. The number of hydrogen-bond donors (Lipinski definition) is 2. The largest absolute Gasteiger partial charge is 0.508 e. The maximum absolute atomic E-state index is 9.71. The highest BCUT2D eigenvalue weighted by atomic mass is 35.5. The molecular weight excluding hydrogens is 282 g/mol. The second-order valence-corrected chi connectivity index (χ2v) is 6.45. The number of nitrogens with one attached hydrogen (secondary N) is 1. The minimum Gasteiger partial charge on any atom is -0.508 e. The number of halogens is 1. The highest BCUT2D eigenvalue weighted by Crippen LogP contribution is 2.40. The highest BCUT2D eigenvalue weighted by molar-refractivity contribution is 6.30. The van der Waals surface area contributed by atoms with Crippen molar-refractivity contribution in [2.75, 3.05) is 5.32 Å². The van der Waals surface area contributed by atoms with Crippen molar-refractivity contribution in [2.24, 2.45) is 0 Å². The van der Waals surface area contributed by atoms with E-state index in [1.54, 1.807) is 0 Å². The Hall–Kier alpha value is -1.67. The molecule has 110 valence electrons. The summed E-state index contributed by atoms with van der Waals surface area (Å²) in [6, 6.07) is 12.5. The van der Waals surface area contributed by atoms with Gasteiger partial charge in [0.05, 0.1) is 0 Å². The van der Waals surface area contributed by atoms with Crippen LogP contribution in [0, 0.1) is 13.8 Å². The molecule has 0 unspecified atom stereocenters. The van der Waals surface area contributed by atoms with Crippen molar-refractivity contribution in [3.8, 4) is 5.75 Å². The standard InChI is InChI=1S/C18H20ClNO/c1-11-7-18(21)12(2)6-17(11)20-16-9-14(10-16)13-4-3-5-15(19)8-13/h3-8,14,16,20-21H,9-10H2,1-2H3. The van der Waals surface area contributed by atoms with Gasteiger partial charge in [0.15, 0.2) is 0 Å². The Balaban J connectivity index is 1.64. The Morgan fingerprint density at radius 2 is 1.86 bits per heavy atom. The molecule has 1 aliphatic carbocycles. The summed E-state index contributed by atoms with van der Waals surface area (Å²) in [5, 5.41) is 14.1. The second-order valence-electron chi connectivity index (χ2n) is 6.02. The first-order chi connectivity index (χ1) is 10.0. The molecule has 0 heterocycles. The fourth-order valence-corrected chi connectivity index (χ4v) is 3.14. The van der Waals surface area contributed by atoms with Gasteiger partial charge < -0.3 is 10.4 Å². The van der Waals surface area contributed by atoms with E-state index in [9.17, 15) is 5.11 Å². The van der Waals surface area contributed by atoms with Gasteiger partial charge in [-0.15, -0.1) is 0 Å². The van der Waals surface area contributed by atoms with Gasteiger partial charge >= 0.3 is 0 Å². The Labute approximate surface area is 130 Å². The second kappa shape index (κ2) is 5.61. The van der Waals surface area contributed by atoms with E-state index in [0.29, 0.717) is 17.7 Å². The quantitative estimate of drug-likeness (QED) is 0.780. The third-order valence-corrected chi connectivity index (χ3v) is 4.60. The molecule has 1 saturated carbocycles. The van der Waals surface area contributed by atoms with Crippen LogP contribution >= 0.6 is 11.6 Å². The lowest BCUT2D eigenvalue weighted by Crippen LogP contribution is -2.34. The smallest absolute Gasteiger partial charge is 0.118 e. The molecule has 2 nitrogen and oxygen atoms in total. The van der Waals surface area contributed by atoms with Crippen LogP contribution in [-0.4, -0.2) is 11.1 Å². The van der Waals surface area contributed by atoms with Gasteiger partial charge in [-0.1, -0.05) is 23.7 Å². The molecule has 0 saturated heterocycles. The Morgan fingerprint density at radius 1 is 1.10 bits per heavy atom. The first kappa shape index (κ1) is 14.3. The molecule has 0 atom stereocenters. The van der Waals surface area contributed by atoms with Crippen molar-refractivity contribution >= 4 is 17.3 Å². The van der Waals surface area contributed by atoms with E-state index >= 15 is 0 Å². The van der Waals surface area contributed by atoms with Gasteiger partial charge in [0, 0.05) is 16.8 Å². The van der Waals surface area contributed by atoms with Gasteiger partial charge in [-0.25, -0.2) is 0 Å². The van der Waals surface area contributed by atoms with Crippen LogP contribution in [0.15, 0.2) is 36.4 Å². The molecular formula is C18H20ClNO. The van der Waals surface area contributed by atoms with Crippen LogP contribution in [-0.2, 0) is 0 Å². The molecule has 0 aliphatic heterocycles. The fourth-order valence-electron chi connectivity index (χ4n) is 2.94. The lowest BCUT2D eigenvalue weighted by atomic mass is 9.75. The monoisotopic (exact) mass is 301 g/mol. The molecule has 0 amide bonds. The summed E-state index contributed by atoms with van der Waals surface area (Å²) in [6.45, 7) is 3.95. The van der Waals surface area contributed by atoms with Crippen LogP contribution in [0.25, 0.3) is 0 Å². The molecule has 21 heavy (non-hydrogen) atoms. The van der Waals surface area contributed by atoms with Gasteiger partial charge in [-0.05, 0) is 73.6 Å². The number of hydrogen-bond acceptors (Lipinski definition) is 2. The van der Waals surface area contributed by atoms with E-state index in [1.165, 1.54) is 5.56 Å². The van der Waals surface area contributed by atoms with Crippen molar-refractivity contribution in [1.29, 1.82) is 0 Å². The van der Waals surface area contributed by atoms with Crippen molar-refractivity contribution in [2.45, 2.75) is 38.6 Å². The summed E-state index contributed by atoms with van der Waals surface area (Å²) in [5.74, 6) is 0.961. The van der Waals surface area contributed by atoms with E-state index in [-0.39, 0.29) is 0 Å². The molecule has 0 spiro atoms. The SMILES string of the molecule is Cc1cc(NC2CC(c3cccc(Cl)c3)C2)c(C)cc1O. The summed E-state index contributed by atoms with van der Waals surface area (Å²) < 4.78 is 0. The molecule has 2 N–H and O–H groups in total.